The van der Waals surface area contributed by atoms with E-state index < -0.39 is 0 Å². The summed E-state index contributed by atoms with van der Waals surface area (Å²) in [5.74, 6) is 0.894. The largest absolute Gasteiger partial charge is 0.496 e. The molecule has 0 saturated heterocycles. The Hall–Kier alpha value is -1.61. The summed E-state index contributed by atoms with van der Waals surface area (Å²) in [6.07, 6.45) is 1.90. The van der Waals surface area contributed by atoms with Gasteiger partial charge < -0.3 is 4.74 Å². The van der Waals surface area contributed by atoms with Crippen LogP contribution in [-0.4, -0.2) is 13.3 Å². The van der Waals surface area contributed by atoms with Gasteiger partial charge in [-0.3, -0.25) is 4.99 Å². The van der Waals surface area contributed by atoms with Crippen molar-refractivity contribution in [2.45, 2.75) is 6.54 Å². The number of para-hydroxylation sites is 1. The Morgan fingerprint density at radius 2 is 2.12 bits per heavy atom. The highest BCUT2D eigenvalue weighted by molar-refractivity contribution is 7.11. The van der Waals surface area contributed by atoms with Crippen molar-refractivity contribution in [2.24, 2.45) is 4.99 Å². The number of benzene rings is 1. The minimum Gasteiger partial charge on any atom is -0.496 e. The van der Waals surface area contributed by atoms with Crippen molar-refractivity contribution in [1.29, 1.82) is 0 Å². The van der Waals surface area contributed by atoms with Gasteiger partial charge in [0.15, 0.2) is 0 Å². The maximum atomic E-state index is 5.26. The van der Waals surface area contributed by atoms with Gasteiger partial charge in [-0.05, 0) is 17.5 Å². The number of ether oxygens (including phenoxy) is 1. The third-order valence-electron chi connectivity index (χ3n) is 2.22. The second-order valence-corrected chi connectivity index (χ2v) is 4.28. The summed E-state index contributed by atoms with van der Waals surface area (Å²) in [7, 11) is 1.68. The molecule has 0 amide bonds. The number of hydrogen-bond acceptors (Lipinski definition) is 3. The van der Waals surface area contributed by atoms with Crippen LogP contribution in [0.15, 0.2) is 46.8 Å². The molecule has 3 heteroatoms. The lowest BCUT2D eigenvalue weighted by molar-refractivity contribution is 0.410. The molecule has 82 valence electrons. The van der Waals surface area contributed by atoms with Crippen molar-refractivity contribution in [2.75, 3.05) is 7.11 Å². The standard InChI is InChI=1S/C13H13NOS/c1-15-13-7-3-2-5-11(13)9-14-10-12-6-4-8-16-12/h2-8,10H,9H2,1H3. The lowest BCUT2D eigenvalue weighted by atomic mass is 10.2. The van der Waals surface area contributed by atoms with Gasteiger partial charge in [-0.1, -0.05) is 24.3 Å². The molecule has 0 radical (unpaired) electrons. The SMILES string of the molecule is COc1ccccc1CN=Cc1cccs1. The van der Waals surface area contributed by atoms with Gasteiger partial charge in [0.05, 0.1) is 13.7 Å². The molecule has 1 aromatic carbocycles. The van der Waals surface area contributed by atoms with E-state index in [9.17, 15) is 0 Å². The summed E-state index contributed by atoms with van der Waals surface area (Å²) in [6, 6.07) is 12.0. The van der Waals surface area contributed by atoms with Gasteiger partial charge in [0.2, 0.25) is 0 Å². The van der Waals surface area contributed by atoms with Crippen LogP contribution in [-0.2, 0) is 6.54 Å². The molecular weight excluding hydrogens is 218 g/mol. The number of methoxy groups -OCH3 is 1. The molecule has 0 aliphatic heterocycles. The molecule has 0 aliphatic carbocycles. The van der Waals surface area contributed by atoms with Crippen molar-refractivity contribution in [3.63, 3.8) is 0 Å². The Morgan fingerprint density at radius 3 is 2.88 bits per heavy atom. The minimum atomic E-state index is 0.655. The third-order valence-corrected chi connectivity index (χ3v) is 3.02. The van der Waals surface area contributed by atoms with Gasteiger partial charge in [0.1, 0.15) is 5.75 Å². The molecule has 0 bridgehead atoms. The van der Waals surface area contributed by atoms with Crippen molar-refractivity contribution in [3.8, 4) is 5.75 Å². The number of nitrogens with zero attached hydrogens (tertiary/aromatic N) is 1. The fraction of sp³-hybridized carbons (Fsp3) is 0.154. The van der Waals surface area contributed by atoms with Crippen LogP contribution in [0.3, 0.4) is 0 Å². The third kappa shape index (κ3) is 2.70. The normalized spacial score (nSPS) is 10.8. The van der Waals surface area contributed by atoms with Crippen LogP contribution in [0.5, 0.6) is 5.75 Å². The highest BCUT2D eigenvalue weighted by atomic mass is 32.1. The molecule has 0 saturated carbocycles. The average molecular weight is 231 g/mol. The van der Waals surface area contributed by atoms with Gasteiger partial charge in [0.25, 0.3) is 0 Å². The highest BCUT2D eigenvalue weighted by Crippen LogP contribution is 2.18. The van der Waals surface area contributed by atoms with Crippen LogP contribution in [0.1, 0.15) is 10.4 Å². The van der Waals surface area contributed by atoms with Gasteiger partial charge in [0, 0.05) is 16.7 Å². The predicted octanol–water partition coefficient (Wildman–Crippen LogP) is 3.38. The Labute approximate surface area is 99.2 Å². The number of rotatable bonds is 4. The van der Waals surface area contributed by atoms with Gasteiger partial charge in [-0.25, -0.2) is 0 Å². The first kappa shape index (κ1) is 10.9. The number of thiophene rings is 1. The first-order valence-corrected chi connectivity index (χ1v) is 5.93. The Kier molecular flexibility index (Phi) is 3.72. The summed E-state index contributed by atoms with van der Waals surface area (Å²) in [5, 5.41) is 2.05. The minimum absolute atomic E-state index is 0.655. The van der Waals surface area contributed by atoms with Gasteiger partial charge in [-0.2, -0.15) is 0 Å². The Balaban J connectivity index is 2.04. The Bertz CT molecular complexity index is 463. The van der Waals surface area contributed by atoms with Crippen LogP contribution in [0.2, 0.25) is 0 Å². The average Bonchev–Trinajstić information content (AvgIpc) is 2.83. The molecule has 16 heavy (non-hydrogen) atoms. The molecule has 0 spiro atoms. The van der Waals surface area contributed by atoms with Gasteiger partial charge >= 0.3 is 0 Å². The molecule has 2 nitrogen and oxygen atoms in total. The fourth-order valence-corrected chi connectivity index (χ4v) is 2.04. The summed E-state index contributed by atoms with van der Waals surface area (Å²) in [5.41, 5.74) is 1.11. The van der Waals surface area contributed by atoms with E-state index in [0.29, 0.717) is 6.54 Å². The first-order valence-electron chi connectivity index (χ1n) is 5.05. The van der Waals surface area contributed by atoms with Crippen molar-refractivity contribution in [1.82, 2.24) is 0 Å². The molecular formula is C13H13NOS. The molecule has 0 fully saturated rings. The lowest BCUT2D eigenvalue weighted by Gasteiger charge is -2.04. The zero-order valence-corrected chi connectivity index (χ0v) is 9.91. The van der Waals surface area contributed by atoms with E-state index in [1.807, 2.05) is 41.9 Å². The summed E-state index contributed by atoms with van der Waals surface area (Å²) in [6.45, 7) is 0.655. The topological polar surface area (TPSA) is 21.6 Å². The quantitative estimate of drug-likeness (QED) is 0.739. The second kappa shape index (κ2) is 5.47. The molecule has 1 heterocycles. The van der Waals surface area contributed by atoms with Crippen LogP contribution in [0.4, 0.5) is 0 Å². The lowest BCUT2D eigenvalue weighted by Crippen LogP contribution is -1.90. The smallest absolute Gasteiger partial charge is 0.123 e. The number of hydrogen-bond donors (Lipinski definition) is 0. The predicted molar refractivity (Wildman–Crippen MR) is 68.6 cm³/mol. The molecule has 0 N–H and O–H groups in total. The van der Waals surface area contributed by atoms with E-state index in [0.717, 1.165) is 11.3 Å². The molecule has 2 aromatic rings. The molecule has 0 atom stereocenters. The van der Waals surface area contributed by atoms with Crippen LogP contribution >= 0.6 is 11.3 Å². The fourth-order valence-electron chi connectivity index (χ4n) is 1.43. The molecule has 0 aliphatic rings. The van der Waals surface area contributed by atoms with Crippen LogP contribution < -0.4 is 4.74 Å². The molecule has 0 unspecified atom stereocenters. The van der Waals surface area contributed by atoms with Crippen LogP contribution in [0.25, 0.3) is 0 Å². The highest BCUT2D eigenvalue weighted by Gasteiger charge is 1.98. The zero-order valence-electron chi connectivity index (χ0n) is 9.09. The van der Waals surface area contributed by atoms with E-state index >= 15 is 0 Å². The van der Waals surface area contributed by atoms with E-state index in [2.05, 4.69) is 11.1 Å². The summed E-state index contributed by atoms with van der Waals surface area (Å²) >= 11 is 1.69. The Morgan fingerprint density at radius 1 is 1.25 bits per heavy atom. The van der Waals surface area contributed by atoms with E-state index in [1.54, 1.807) is 18.4 Å². The number of aliphatic imine (C=N–C) groups is 1. The van der Waals surface area contributed by atoms with Crippen LogP contribution in [0, 0.1) is 0 Å². The molecule has 2 rings (SSSR count). The van der Waals surface area contributed by atoms with Crippen molar-refractivity contribution < 1.29 is 4.74 Å². The summed E-state index contributed by atoms with van der Waals surface area (Å²) in [4.78, 5) is 5.57. The van der Waals surface area contributed by atoms with Crippen molar-refractivity contribution >= 4 is 17.6 Å². The van der Waals surface area contributed by atoms with Gasteiger partial charge in [-0.15, -0.1) is 11.3 Å². The zero-order chi connectivity index (χ0) is 11.2. The molecule has 1 aromatic heterocycles. The van der Waals surface area contributed by atoms with E-state index in [1.165, 1.54) is 4.88 Å². The first-order chi connectivity index (χ1) is 7.90. The summed E-state index contributed by atoms with van der Waals surface area (Å²) < 4.78 is 5.26. The monoisotopic (exact) mass is 231 g/mol. The maximum Gasteiger partial charge on any atom is 0.123 e. The van der Waals surface area contributed by atoms with Crippen molar-refractivity contribution in [3.05, 3.63) is 52.2 Å². The maximum absolute atomic E-state index is 5.26. The van der Waals surface area contributed by atoms with E-state index in [-0.39, 0.29) is 0 Å². The van der Waals surface area contributed by atoms with E-state index in [4.69, 9.17) is 4.74 Å². The second-order valence-electron chi connectivity index (χ2n) is 3.30.